The van der Waals surface area contributed by atoms with Crippen LogP contribution in [0, 0.1) is 0 Å². The number of carbonyl (C=O) groups excluding carboxylic acids is 1. The highest BCUT2D eigenvalue weighted by molar-refractivity contribution is 8.18. The number of amides is 1. The van der Waals surface area contributed by atoms with E-state index in [1.807, 2.05) is 84.9 Å². The van der Waals surface area contributed by atoms with Crippen molar-refractivity contribution in [3.05, 3.63) is 100 Å². The molecule has 2 heterocycles. The molecule has 0 saturated carbocycles. The van der Waals surface area contributed by atoms with Gasteiger partial charge in [0.1, 0.15) is 13.2 Å². The summed E-state index contributed by atoms with van der Waals surface area (Å²) in [7, 11) is 0. The number of carbonyl (C=O) groups is 1. The van der Waals surface area contributed by atoms with Crippen LogP contribution in [0.3, 0.4) is 0 Å². The Morgan fingerprint density at radius 2 is 1.49 bits per heavy atom. The maximum atomic E-state index is 12.6. The van der Waals surface area contributed by atoms with Gasteiger partial charge < -0.3 is 19.1 Å². The number of hydrogen-bond donors (Lipinski definition) is 0. The molecule has 0 aliphatic carbocycles. The number of ether oxygens (including phenoxy) is 3. The first-order valence-electron chi connectivity index (χ1n) is 11.6. The number of amidine groups is 1. The Balaban J connectivity index is 1.34. The Kier molecular flexibility index (Phi) is 7.46. The third kappa shape index (κ3) is 6.12. The minimum atomic E-state index is -0.215. The lowest BCUT2D eigenvalue weighted by molar-refractivity contribution is -0.113. The molecule has 7 heteroatoms. The molecule has 5 rings (SSSR count). The molecular formula is C28H26N2O4S. The molecule has 1 saturated heterocycles. The maximum absolute atomic E-state index is 12.6. The summed E-state index contributed by atoms with van der Waals surface area (Å²) in [4.78, 5) is 19.5. The molecule has 35 heavy (non-hydrogen) atoms. The molecule has 0 atom stereocenters. The highest BCUT2D eigenvalue weighted by Crippen LogP contribution is 2.34. The highest BCUT2D eigenvalue weighted by Gasteiger charge is 2.27. The van der Waals surface area contributed by atoms with Crippen LogP contribution < -0.4 is 9.47 Å². The number of aliphatic imine (C=N–C) groups is 1. The zero-order valence-electron chi connectivity index (χ0n) is 19.3. The Morgan fingerprint density at radius 3 is 2.14 bits per heavy atom. The smallest absolute Gasteiger partial charge is 0.286 e. The topological polar surface area (TPSA) is 60.4 Å². The standard InChI is InChI=1S/C28H26N2O4S/c31-27-26(35-28(29-27)30-13-15-32-16-14-30)18-23-11-12-24(33-19-21-7-3-1-4-8-21)25(17-23)34-20-22-9-5-2-6-10-22/h1-12,17-18H,13-16,19-20H2/b26-18-. The van der Waals surface area contributed by atoms with Crippen molar-refractivity contribution in [3.8, 4) is 11.5 Å². The summed E-state index contributed by atoms with van der Waals surface area (Å²) in [6.45, 7) is 3.65. The van der Waals surface area contributed by atoms with Crippen molar-refractivity contribution < 1.29 is 19.0 Å². The molecule has 6 nitrogen and oxygen atoms in total. The summed E-state index contributed by atoms with van der Waals surface area (Å²) in [5, 5.41) is 0.743. The van der Waals surface area contributed by atoms with Gasteiger partial charge in [-0.1, -0.05) is 66.7 Å². The minimum absolute atomic E-state index is 0.215. The molecule has 178 valence electrons. The quantitative estimate of drug-likeness (QED) is 0.431. The van der Waals surface area contributed by atoms with Crippen LogP contribution in [0.5, 0.6) is 11.5 Å². The highest BCUT2D eigenvalue weighted by atomic mass is 32.2. The average molecular weight is 487 g/mol. The van der Waals surface area contributed by atoms with Gasteiger partial charge in [-0.15, -0.1) is 0 Å². The van der Waals surface area contributed by atoms with E-state index in [0.29, 0.717) is 42.8 Å². The van der Waals surface area contributed by atoms with Gasteiger partial charge in [-0.2, -0.15) is 4.99 Å². The number of nitrogens with zero attached hydrogens (tertiary/aromatic N) is 2. The molecule has 0 bridgehead atoms. The molecule has 2 aliphatic rings. The molecule has 2 aliphatic heterocycles. The van der Waals surface area contributed by atoms with Crippen molar-refractivity contribution in [2.45, 2.75) is 13.2 Å². The van der Waals surface area contributed by atoms with E-state index >= 15 is 0 Å². The first-order chi connectivity index (χ1) is 17.2. The van der Waals surface area contributed by atoms with Crippen molar-refractivity contribution in [1.82, 2.24) is 4.90 Å². The van der Waals surface area contributed by atoms with E-state index in [1.54, 1.807) is 0 Å². The second-order valence-corrected chi connectivity index (χ2v) is 9.17. The summed E-state index contributed by atoms with van der Waals surface area (Å²) in [5.41, 5.74) is 3.00. The van der Waals surface area contributed by atoms with Crippen molar-refractivity contribution in [1.29, 1.82) is 0 Å². The van der Waals surface area contributed by atoms with E-state index in [1.165, 1.54) is 11.8 Å². The first kappa shape index (κ1) is 23.2. The maximum Gasteiger partial charge on any atom is 0.286 e. The SMILES string of the molecule is O=C1N=C(N2CCOCC2)S/C1=C\c1ccc(OCc2ccccc2)c(OCc2ccccc2)c1. The summed E-state index contributed by atoms with van der Waals surface area (Å²) in [6.07, 6.45) is 1.86. The van der Waals surface area contributed by atoms with Gasteiger partial charge in [0.05, 0.1) is 18.1 Å². The fraction of sp³-hybridized carbons (Fsp3) is 0.214. The predicted molar refractivity (Wildman–Crippen MR) is 138 cm³/mol. The Morgan fingerprint density at radius 1 is 0.857 bits per heavy atom. The van der Waals surface area contributed by atoms with Crippen molar-refractivity contribution >= 4 is 28.9 Å². The van der Waals surface area contributed by atoms with Crippen molar-refractivity contribution in [3.63, 3.8) is 0 Å². The molecular weight excluding hydrogens is 460 g/mol. The van der Waals surface area contributed by atoms with Crippen LogP contribution >= 0.6 is 11.8 Å². The van der Waals surface area contributed by atoms with Gasteiger partial charge in [0.15, 0.2) is 16.7 Å². The average Bonchev–Trinajstić information content (AvgIpc) is 3.28. The number of hydrogen-bond acceptors (Lipinski definition) is 6. The molecule has 0 N–H and O–H groups in total. The molecule has 1 amide bonds. The molecule has 1 fully saturated rings. The lowest BCUT2D eigenvalue weighted by Gasteiger charge is -2.27. The second kappa shape index (κ2) is 11.3. The van der Waals surface area contributed by atoms with Gasteiger partial charge in [0, 0.05) is 13.1 Å². The zero-order chi connectivity index (χ0) is 23.9. The fourth-order valence-corrected chi connectivity index (χ4v) is 4.72. The number of thioether (sulfide) groups is 1. The third-order valence-electron chi connectivity index (χ3n) is 5.63. The number of rotatable bonds is 7. The van der Waals surface area contributed by atoms with Gasteiger partial charge in [0.2, 0.25) is 0 Å². The van der Waals surface area contributed by atoms with E-state index in [-0.39, 0.29) is 5.91 Å². The van der Waals surface area contributed by atoms with E-state index in [4.69, 9.17) is 14.2 Å². The van der Waals surface area contributed by atoms with Gasteiger partial charge in [0.25, 0.3) is 5.91 Å². The number of benzene rings is 3. The summed E-state index contributed by atoms with van der Waals surface area (Å²) >= 11 is 1.41. The minimum Gasteiger partial charge on any atom is -0.485 e. The van der Waals surface area contributed by atoms with Crippen molar-refractivity contribution in [2.75, 3.05) is 26.3 Å². The summed E-state index contributed by atoms with van der Waals surface area (Å²) in [6, 6.07) is 25.8. The van der Waals surface area contributed by atoms with E-state index in [0.717, 1.165) is 34.9 Å². The van der Waals surface area contributed by atoms with Gasteiger partial charge in [-0.05, 0) is 46.7 Å². The molecule has 3 aromatic rings. The molecule has 0 aromatic heterocycles. The molecule has 0 spiro atoms. The van der Waals surface area contributed by atoms with Crippen LogP contribution in [0.25, 0.3) is 6.08 Å². The summed E-state index contributed by atoms with van der Waals surface area (Å²) < 4.78 is 17.7. The van der Waals surface area contributed by atoms with E-state index < -0.39 is 0 Å². The second-order valence-electron chi connectivity index (χ2n) is 8.16. The Bertz CT molecular complexity index is 1220. The summed E-state index contributed by atoms with van der Waals surface area (Å²) in [5.74, 6) is 1.07. The van der Waals surface area contributed by atoms with Gasteiger partial charge in [-0.3, -0.25) is 4.79 Å². The van der Waals surface area contributed by atoms with Gasteiger partial charge >= 0.3 is 0 Å². The van der Waals surface area contributed by atoms with Gasteiger partial charge in [-0.25, -0.2) is 0 Å². The van der Waals surface area contributed by atoms with Crippen molar-refractivity contribution in [2.24, 2.45) is 4.99 Å². The monoisotopic (exact) mass is 486 g/mol. The predicted octanol–water partition coefficient (Wildman–Crippen LogP) is 5.15. The molecule has 3 aromatic carbocycles. The van der Waals surface area contributed by atoms with Crippen LogP contribution in [0.4, 0.5) is 0 Å². The number of morpholine rings is 1. The normalized spacial score (nSPS) is 16.9. The van der Waals surface area contributed by atoms with Crippen LogP contribution in [-0.2, 0) is 22.7 Å². The van der Waals surface area contributed by atoms with Crippen LogP contribution in [-0.4, -0.2) is 42.3 Å². The first-order valence-corrected chi connectivity index (χ1v) is 12.4. The van der Waals surface area contributed by atoms with E-state index in [9.17, 15) is 4.79 Å². The third-order valence-corrected chi connectivity index (χ3v) is 6.68. The molecule has 0 unspecified atom stereocenters. The fourth-order valence-electron chi connectivity index (χ4n) is 3.76. The van der Waals surface area contributed by atoms with Crippen LogP contribution in [0.1, 0.15) is 16.7 Å². The Hall–Kier alpha value is -3.55. The lowest BCUT2D eigenvalue weighted by Crippen LogP contribution is -2.38. The van der Waals surface area contributed by atoms with Crippen LogP contribution in [0.2, 0.25) is 0 Å². The van der Waals surface area contributed by atoms with Crippen LogP contribution in [0.15, 0.2) is 88.8 Å². The Labute approximate surface area is 209 Å². The zero-order valence-corrected chi connectivity index (χ0v) is 20.1. The van der Waals surface area contributed by atoms with E-state index in [2.05, 4.69) is 9.89 Å². The lowest BCUT2D eigenvalue weighted by atomic mass is 10.1. The largest absolute Gasteiger partial charge is 0.485 e. The molecule has 0 radical (unpaired) electrons.